The monoisotopic (exact) mass is 258 g/mol. The highest BCUT2D eigenvalue weighted by Crippen LogP contribution is 2.10. The van der Waals surface area contributed by atoms with Gasteiger partial charge in [-0.1, -0.05) is 51.9 Å². The lowest BCUT2D eigenvalue weighted by molar-refractivity contribution is 1.37. The van der Waals surface area contributed by atoms with Gasteiger partial charge in [-0.05, 0) is 29.6 Å². The summed E-state index contributed by atoms with van der Waals surface area (Å²) in [5.74, 6) is 0. The molecule has 0 heterocycles. The maximum absolute atomic E-state index is 2.23. The zero-order valence-electron chi connectivity index (χ0n) is 6.76. The topological polar surface area (TPSA) is 0 Å². The molecule has 0 bridgehead atoms. The fourth-order valence-electron chi connectivity index (χ4n) is 1.18. The number of rotatable bonds is 1. The van der Waals surface area contributed by atoms with Crippen molar-refractivity contribution in [2.45, 2.75) is 13.8 Å². The van der Waals surface area contributed by atoms with Gasteiger partial charge in [-0.25, -0.2) is 0 Å². The van der Waals surface area contributed by atoms with Gasteiger partial charge in [0, 0.05) is 0 Å². The van der Waals surface area contributed by atoms with Crippen LogP contribution in [-0.2, 0) is 0 Å². The average Bonchev–Trinajstić information content (AvgIpc) is 1.85. The van der Waals surface area contributed by atoms with Crippen molar-refractivity contribution >= 4 is 28.7 Å². The van der Waals surface area contributed by atoms with Crippen LogP contribution in [0, 0.1) is 13.8 Å². The van der Waals surface area contributed by atoms with Gasteiger partial charge in [0.05, 0.1) is 0 Å². The van der Waals surface area contributed by atoms with Crippen molar-refractivity contribution in [2.24, 2.45) is 0 Å². The minimum absolute atomic E-state index is 1.29. The van der Waals surface area contributed by atoms with Gasteiger partial charge in [-0.3, -0.25) is 0 Å². The van der Waals surface area contributed by atoms with Crippen LogP contribution in [0.1, 0.15) is 16.7 Å². The number of aryl methyl sites for hydroxylation is 2. The van der Waals surface area contributed by atoms with Crippen molar-refractivity contribution in [3.8, 4) is 0 Å². The molecule has 0 unspecified atom stereocenters. The van der Waals surface area contributed by atoms with E-state index in [9.17, 15) is 0 Å². The lowest BCUT2D eigenvalue weighted by atomic mass is 10.1. The summed E-state index contributed by atoms with van der Waals surface area (Å²) in [4.78, 5) is 0. The molecule has 0 N–H and O–H groups in total. The summed E-state index contributed by atoms with van der Waals surface area (Å²) in [6.45, 7) is 4.25. The Balaban J connectivity index is 3.08. The van der Waals surface area contributed by atoms with Crippen LogP contribution >= 0.6 is 22.6 Å². The summed E-state index contributed by atoms with van der Waals surface area (Å²) < 4.78 is 2.03. The van der Waals surface area contributed by atoms with Gasteiger partial charge >= 0.3 is 0 Å². The van der Waals surface area contributed by atoms with Crippen LogP contribution in [0.15, 0.2) is 22.3 Å². The van der Waals surface area contributed by atoms with Gasteiger partial charge in [0.1, 0.15) is 0 Å². The van der Waals surface area contributed by atoms with E-state index >= 15 is 0 Å². The SMILES string of the molecule is Cc1cc(C)cc(/C=C/I)c1. The predicted molar refractivity (Wildman–Crippen MR) is 59.0 cm³/mol. The van der Waals surface area contributed by atoms with Crippen molar-refractivity contribution in [2.75, 3.05) is 0 Å². The van der Waals surface area contributed by atoms with Crippen LogP contribution < -0.4 is 0 Å². The van der Waals surface area contributed by atoms with E-state index in [-0.39, 0.29) is 0 Å². The van der Waals surface area contributed by atoms with Crippen molar-refractivity contribution in [3.05, 3.63) is 39.0 Å². The molecule has 0 aromatic heterocycles. The molecule has 1 heteroatoms. The second kappa shape index (κ2) is 3.90. The fourth-order valence-corrected chi connectivity index (χ4v) is 1.59. The molecule has 0 saturated carbocycles. The van der Waals surface area contributed by atoms with E-state index in [1.807, 2.05) is 4.08 Å². The molecule has 11 heavy (non-hydrogen) atoms. The first-order valence-corrected chi connectivity index (χ1v) is 4.82. The minimum atomic E-state index is 1.29. The van der Waals surface area contributed by atoms with Gasteiger partial charge < -0.3 is 0 Å². The van der Waals surface area contributed by atoms with Crippen LogP contribution in [0.5, 0.6) is 0 Å². The van der Waals surface area contributed by atoms with Crippen LogP contribution in [0.3, 0.4) is 0 Å². The molecule has 0 spiro atoms. The number of hydrogen-bond acceptors (Lipinski definition) is 0. The molecule has 0 fully saturated rings. The highest BCUT2D eigenvalue weighted by atomic mass is 127. The van der Waals surface area contributed by atoms with Crippen LogP contribution in [0.2, 0.25) is 0 Å². The Labute approximate surface area is 81.5 Å². The zero-order chi connectivity index (χ0) is 8.27. The lowest BCUT2D eigenvalue weighted by Gasteiger charge is -1.98. The molecular weight excluding hydrogens is 247 g/mol. The molecule has 58 valence electrons. The Morgan fingerprint density at radius 2 is 1.64 bits per heavy atom. The third-order valence-electron chi connectivity index (χ3n) is 1.50. The van der Waals surface area contributed by atoms with E-state index in [1.54, 1.807) is 0 Å². The van der Waals surface area contributed by atoms with E-state index in [0.29, 0.717) is 0 Å². The quantitative estimate of drug-likeness (QED) is 0.673. The molecule has 0 amide bonds. The molecule has 1 rings (SSSR count). The van der Waals surface area contributed by atoms with Crippen molar-refractivity contribution < 1.29 is 0 Å². The molecule has 1 aromatic rings. The normalized spacial score (nSPS) is 10.8. The number of hydrogen-bond donors (Lipinski definition) is 0. The zero-order valence-corrected chi connectivity index (χ0v) is 8.92. The van der Waals surface area contributed by atoms with E-state index in [2.05, 4.69) is 60.7 Å². The smallest absolute Gasteiger partial charge is 0.0228 e. The van der Waals surface area contributed by atoms with Gasteiger partial charge in [0.15, 0.2) is 0 Å². The maximum atomic E-state index is 2.23. The third-order valence-corrected chi connectivity index (χ3v) is 1.86. The van der Waals surface area contributed by atoms with E-state index < -0.39 is 0 Å². The van der Waals surface area contributed by atoms with Gasteiger partial charge in [-0.2, -0.15) is 0 Å². The molecule has 0 nitrogen and oxygen atoms in total. The minimum Gasteiger partial charge on any atom is -0.0563 e. The Morgan fingerprint density at radius 1 is 1.09 bits per heavy atom. The Bertz CT molecular complexity index is 254. The van der Waals surface area contributed by atoms with Crippen LogP contribution in [0.25, 0.3) is 6.08 Å². The molecule has 0 radical (unpaired) electrons. The molecule has 0 saturated heterocycles. The molecule has 0 aliphatic heterocycles. The second-order valence-corrected chi connectivity index (χ2v) is 3.43. The molecule has 0 atom stereocenters. The van der Waals surface area contributed by atoms with Gasteiger partial charge in [-0.15, -0.1) is 0 Å². The lowest BCUT2D eigenvalue weighted by Crippen LogP contribution is -1.78. The van der Waals surface area contributed by atoms with E-state index in [1.165, 1.54) is 16.7 Å². The Morgan fingerprint density at radius 3 is 2.09 bits per heavy atom. The van der Waals surface area contributed by atoms with Crippen molar-refractivity contribution in [1.82, 2.24) is 0 Å². The maximum Gasteiger partial charge on any atom is -0.0228 e. The number of benzene rings is 1. The summed E-state index contributed by atoms with van der Waals surface area (Å²) in [5, 5.41) is 0. The Kier molecular flexibility index (Phi) is 3.12. The molecule has 1 aromatic carbocycles. The first-order valence-electron chi connectivity index (χ1n) is 3.57. The van der Waals surface area contributed by atoms with E-state index in [0.717, 1.165) is 0 Å². The highest BCUT2D eigenvalue weighted by Gasteiger charge is 1.90. The second-order valence-electron chi connectivity index (χ2n) is 2.71. The summed E-state index contributed by atoms with van der Waals surface area (Å²) >= 11 is 2.23. The van der Waals surface area contributed by atoms with Crippen LogP contribution in [0.4, 0.5) is 0 Å². The standard InChI is InChI=1S/C10H11I/c1-8-5-9(2)7-10(6-8)3-4-11/h3-7H,1-2H3/b4-3+. The van der Waals surface area contributed by atoms with Gasteiger partial charge in [0.25, 0.3) is 0 Å². The van der Waals surface area contributed by atoms with Crippen molar-refractivity contribution in [1.29, 1.82) is 0 Å². The summed E-state index contributed by atoms with van der Waals surface area (Å²) in [6, 6.07) is 6.55. The summed E-state index contributed by atoms with van der Waals surface area (Å²) in [5.41, 5.74) is 3.95. The third kappa shape index (κ3) is 2.66. The summed E-state index contributed by atoms with van der Waals surface area (Å²) in [6.07, 6.45) is 2.11. The first kappa shape index (κ1) is 8.78. The largest absolute Gasteiger partial charge is 0.0563 e. The highest BCUT2D eigenvalue weighted by molar-refractivity contribution is 14.1. The average molecular weight is 258 g/mol. The van der Waals surface area contributed by atoms with E-state index in [4.69, 9.17) is 0 Å². The van der Waals surface area contributed by atoms with Crippen LogP contribution in [-0.4, -0.2) is 0 Å². The number of halogens is 1. The first-order chi connectivity index (χ1) is 5.22. The predicted octanol–water partition coefficient (Wildman–Crippen LogP) is 3.71. The Hall–Kier alpha value is -0.310. The fraction of sp³-hybridized carbons (Fsp3) is 0.200. The molecular formula is C10H11I. The van der Waals surface area contributed by atoms with Gasteiger partial charge in [0.2, 0.25) is 0 Å². The summed E-state index contributed by atoms with van der Waals surface area (Å²) in [7, 11) is 0. The van der Waals surface area contributed by atoms with Crippen molar-refractivity contribution in [3.63, 3.8) is 0 Å². The molecule has 0 aliphatic carbocycles. The molecule has 0 aliphatic rings.